The highest BCUT2D eigenvalue weighted by Crippen LogP contribution is 2.40. The number of hydrogen-bond acceptors (Lipinski definition) is 6. The first-order chi connectivity index (χ1) is 19.1. The van der Waals surface area contributed by atoms with Gasteiger partial charge < -0.3 is 15.3 Å². The molecule has 10 nitrogen and oxygen atoms in total. The van der Waals surface area contributed by atoms with Gasteiger partial charge in [0.25, 0.3) is 5.91 Å². The van der Waals surface area contributed by atoms with Gasteiger partial charge in [0, 0.05) is 34.3 Å². The van der Waals surface area contributed by atoms with Crippen LogP contribution in [0.4, 0.5) is 5.69 Å². The van der Waals surface area contributed by atoms with Crippen LogP contribution in [-0.4, -0.2) is 54.5 Å². The Kier molecular flexibility index (Phi) is 7.19. The number of aromatic nitrogens is 4. The SMILES string of the molecule is CC1(C)CN(C(=O)/C=C/c2cc(Cl)ccc2-n2cnnn2)C(C(=O)Nc2ccc(C(=O)O)cc2)c2ccccc21. The summed E-state index contributed by atoms with van der Waals surface area (Å²) in [5.74, 6) is -1.84. The number of amides is 2. The van der Waals surface area contributed by atoms with Crippen LogP contribution in [0.15, 0.2) is 79.1 Å². The third-order valence-electron chi connectivity index (χ3n) is 6.78. The lowest BCUT2D eigenvalue weighted by atomic mass is 9.75. The molecule has 1 aromatic heterocycles. The summed E-state index contributed by atoms with van der Waals surface area (Å²) in [6, 6.07) is 17.7. The molecule has 2 N–H and O–H groups in total. The maximum absolute atomic E-state index is 13.8. The Morgan fingerprint density at radius 1 is 1.07 bits per heavy atom. The molecule has 1 aliphatic heterocycles. The van der Waals surface area contributed by atoms with E-state index in [9.17, 15) is 19.5 Å². The standard InChI is InChI=1S/C29H25ClN6O4/c1-29(2)16-35(25(37)14-9-19-15-20(30)10-13-24(19)36-17-31-33-34-36)26(22-5-3-4-6-23(22)29)27(38)32-21-11-7-18(8-12-21)28(39)40/h3-15,17,26H,16H2,1-2H3,(H,32,38)(H,39,40)/b14-9+. The zero-order valence-corrected chi connectivity index (χ0v) is 22.4. The molecule has 3 aromatic carbocycles. The molecule has 1 aliphatic rings. The molecular formula is C29H25ClN6O4. The van der Waals surface area contributed by atoms with E-state index >= 15 is 0 Å². The Hall–Kier alpha value is -4.83. The van der Waals surface area contributed by atoms with E-state index in [0.29, 0.717) is 28.5 Å². The number of fused-ring (bicyclic) bond motifs is 1. The van der Waals surface area contributed by atoms with Crippen LogP contribution in [0, 0.1) is 0 Å². The summed E-state index contributed by atoms with van der Waals surface area (Å²) < 4.78 is 1.46. The van der Waals surface area contributed by atoms with Gasteiger partial charge in [-0.3, -0.25) is 9.59 Å². The summed E-state index contributed by atoms with van der Waals surface area (Å²) in [7, 11) is 0. The van der Waals surface area contributed by atoms with Gasteiger partial charge >= 0.3 is 5.97 Å². The van der Waals surface area contributed by atoms with Gasteiger partial charge in [-0.05, 0) is 70.1 Å². The fourth-order valence-corrected chi connectivity index (χ4v) is 5.09. The van der Waals surface area contributed by atoms with Crippen molar-refractivity contribution in [1.82, 2.24) is 25.1 Å². The van der Waals surface area contributed by atoms with E-state index in [-0.39, 0.29) is 11.5 Å². The minimum atomic E-state index is -1.06. The summed E-state index contributed by atoms with van der Waals surface area (Å²) in [5, 5.41) is 23.8. The molecule has 40 heavy (non-hydrogen) atoms. The summed E-state index contributed by atoms with van der Waals surface area (Å²) >= 11 is 6.23. The van der Waals surface area contributed by atoms with E-state index in [1.54, 1.807) is 29.2 Å². The van der Waals surface area contributed by atoms with Crippen LogP contribution in [0.1, 0.15) is 46.9 Å². The maximum Gasteiger partial charge on any atom is 0.335 e. The normalized spacial score (nSPS) is 16.0. The van der Waals surface area contributed by atoms with Crippen molar-refractivity contribution in [2.45, 2.75) is 25.3 Å². The highest BCUT2D eigenvalue weighted by Gasteiger charge is 2.42. The molecule has 0 spiro atoms. The fraction of sp³-hybridized carbons (Fsp3) is 0.172. The monoisotopic (exact) mass is 556 g/mol. The molecular weight excluding hydrogens is 532 g/mol. The lowest BCUT2D eigenvalue weighted by molar-refractivity contribution is -0.136. The average molecular weight is 557 g/mol. The van der Waals surface area contributed by atoms with Crippen molar-refractivity contribution in [2.75, 3.05) is 11.9 Å². The first kappa shape index (κ1) is 26.8. The number of rotatable bonds is 6. The minimum absolute atomic E-state index is 0.103. The number of aromatic carboxylic acids is 1. The topological polar surface area (TPSA) is 130 Å². The second-order valence-corrected chi connectivity index (χ2v) is 10.4. The van der Waals surface area contributed by atoms with Crippen molar-refractivity contribution in [3.8, 4) is 5.69 Å². The second kappa shape index (κ2) is 10.7. The summed E-state index contributed by atoms with van der Waals surface area (Å²) in [5.41, 5.74) is 3.04. The molecule has 0 saturated heterocycles. The lowest BCUT2D eigenvalue weighted by Gasteiger charge is -2.44. The number of halogens is 1. The number of nitrogens with one attached hydrogen (secondary N) is 1. The van der Waals surface area contributed by atoms with Crippen LogP contribution in [0.2, 0.25) is 5.02 Å². The maximum atomic E-state index is 13.8. The zero-order chi connectivity index (χ0) is 28.4. The smallest absolute Gasteiger partial charge is 0.335 e. The Balaban J connectivity index is 1.49. The minimum Gasteiger partial charge on any atom is -0.478 e. The highest BCUT2D eigenvalue weighted by atomic mass is 35.5. The van der Waals surface area contributed by atoms with Crippen LogP contribution in [0.5, 0.6) is 0 Å². The second-order valence-electron chi connectivity index (χ2n) is 10.0. The van der Waals surface area contributed by atoms with Crippen molar-refractivity contribution in [2.24, 2.45) is 0 Å². The van der Waals surface area contributed by atoms with Gasteiger partial charge in [-0.1, -0.05) is 49.7 Å². The van der Waals surface area contributed by atoms with E-state index in [4.69, 9.17) is 11.6 Å². The van der Waals surface area contributed by atoms with Crippen molar-refractivity contribution < 1.29 is 19.5 Å². The number of anilines is 1. The molecule has 2 amide bonds. The predicted octanol–water partition coefficient (Wildman–Crippen LogP) is 4.53. The molecule has 0 bridgehead atoms. The van der Waals surface area contributed by atoms with E-state index in [1.807, 2.05) is 38.1 Å². The Labute approximate surface area is 234 Å². The molecule has 0 aliphatic carbocycles. The Morgan fingerprint density at radius 3 is 2.52 bits per heavy atom. The van der Waals surface area contributed by atoms with E-state index < -0.39 is 23.3 Å². The Bertz CT molecular complexity index is 1620. The van der Waals surface area contributed by atoms with Crippen molar-refractivity contribution >= 4 is 41.1 Å². The van der Waals surface area contributed by atoms with Gasteiger partial charge in [-0.15, -0.1) is 5.10 Å². The van der Waals surface area contributed by atoms with Gasteiger partial charge in [0.2, 0.25) is 5.91 Å². The molecule has 5 rings (SSSR count). The lowest BCUT2D eigenvalue weighted by Crippen LogP contribution is -2.50. The van der Waals surface area contributed by atoms with Gasteiger partial charge in [0.1, 0.15) is 12.4 Å². The molecule has 1 unspecified atom stereocenters. The number of carbonyl (C=O) groups is 3. The van der Waals surface area contributed by atoms with Crippen LogP contribution in [-0.2, 0) is 15.0 Å². The molecule has 1 atom stereocenters. The van der Waals surface area contributed by atoms with Crippen molar-refractivity contribution in [1.29, 1.82) is 0 Å². The zero-order valence-electron chi connectivity index (χ0n) is 21.7. The quantitative estimate of drug-likeness (QED) is 0.334. The van der Waals surface area contributed by atoms with Crippen LogP contribution < -0.4 is 5.32 Å². The molecule has 202 valence electrons. The number of carboxylic acid groups (broad SMARTS) is 1. The van der Waals surface area contributed by atoms with E-state index in [2.05, 4.69) is 20.8 Å². The number of tetrazole rings is 1. The first-order valence-corrected chi connectivity index (χ1v) is 12.8. The predicted molar refractivity (Wildman–Crippen MR) is 149 cm³/mol. The van der Waals surface area contributed by atoms with Gasteiger partial charge in [0.05, 0.1) is 11.3 Å². The largest absolute Gasteiger partial charge is 0.478 e. The van der Waals surface area contributed by atoms with Gasteiger partial charge in [-0.25, -0.2) is 4.79 Å². The third-order valence-corrected chi connectivity index (χ3v) is 7.02. The first-order valence-electron chi connectivity index (χ1n) is 12.4. The van der Waals surface area contributed by atoms with E-state index in [0.717, 1.165) is 11.1 Å². The fourth-order valence-electron chi connectivity index (χ4n) is 4.91. The highest BCUT2D eigenvalue weighted by molar-refractivity contribution is 6.30. The molecule has 2 heterocycles. The van der Waals surface area contributed by atoms with E-state index in [1.165, 1.54) is 41.4 Å². The third kappa shape index (κ3) is 5.34. The molecule has 11 heteroatoms. The van der Waals surface area contributed by atoms with Gasteiger partial charge in [0.15, 0.2) is 0 Å². The number of carbonyl (C=O) groups excluding carboxylic acids is 2. The average Bonchev–Trinajstić information content (AvgIpc) is 3.46. The number of hydrogen-bond donors (Lipinski definition) is 2. The van der Waals surface area contributed by atoms with Crippen LogP contribution in [0.25, 0.3) is 11.8 Å². The number of nitrogens with zero attached hydrogens (tertiary/aromatic N) is 5. The number of carboxylic acids is 1. The Morgan fingerprint density at radius 2 is 1.82 bits per heavy atom. The molecule has 0 saturated carbocycles. The van der Waals surface area contributed by atoms with Gasteiger partial charge in [-0.2, -0.15) is 4.68 Å². The van der Waals surface area contributed by atoms with Crippen LogP contribution >= 0.6 is 11.6 Å². The molecule has 0 fully saturated rings. The molecule has 0 radical (unpaired) electrons. The summed E-state index contributed by atoms with van der Waals surface area (Å²) in [6.45, 7) is 4.35. The van der Waals surface area contributed by atoms with Crippen LogP contribution in [0.3, 0.4) is 0 Å². The van der Waals surface area contributed by atoms with Crippen molar-refractivity contribution in [3.63, 3.8) is 0 Å². The summed E-state index contributed by atoms with van der Waals surface area (Å²) in [4.78, 5) is 40.2. The molecule has 4 aromatic rings. The number of benzene rings is 3. The summed E-state index contributed by atoms with van der Waals surface area (Å²) in [6.07, 6.45) is 4.47. The van der Waals surface area contributed by atoms with Crippen molar-refractivity contribution in [3.05, 3.63) is 106 Å².